The van der Waals surface area contributed by atoms with Gasteiger partial charge in [0.15, 0.2) is 0 Å². The molecule has 3 aromatic rings. The zero-order valence-corrected chi connectivity index (χ0v) is 18.6. The number of aromatic amines is 1. The second-order valence-electron chi connectivity index (χ2n) is 8.36. The van der Waals surface area contributed by atoms with Crippen LogP contribution in [0, 0.1) is 0 Å². The van der Waals surface area contributed by atoms with Crippen molar-refractivity contribution in [1.82, 2.24) is 9.55 Å². The van der Waals surface area contributed by atoms with Crippen molar-refractivity contribution in [3.8, 4) is 0 Å². The fourth-order valence-corrected chi connectivity index (χ4v) is 4.84. The minimum atomic E-state index is -0.521. The average Bonchev–Trinajstić information content (AvgIpc) is 3.12. The summed E-state index contributed by atoms with van der Waals surface area (Å²) in [6.07, 6.45) is 1.52. The van der Waals surface area contributed by atoms with Crippen LogP contribution in [0.3, 0.4) is 0 Å². The van der Waals surface area contributed by atoms with Crippen LogP contribution in [-0.4, -0.2) is 34.1 Å². The van der Waals surface area contributed by atoms with Crippen molar-refractivity contribution in [2.24, 2.45) is 0 Å². The Balaban J connectivity index is 1.81. The van der Waals surface area contributed by atoms with Crippen LogP contribution in [0.1, 0.15) is 47.1 Å². The number of fused-ring (bicyclic) bond motifs is 4. The smallest absolute Gasteiger partial charge is 0.415 e. The number of nitrogens with zero attached hydrogens (tertiary/aromatic N) is 1. The van der Waals surface area contributed by atoms with E-state index >= 15 is 0 Å². The lowest BCUT2D eigenvalue weighted by molar-refractivity contribution is -0.364. The van der Waals surface area contributed by atoms with Crippen LogP contribution in [0.25, 0.3) is 5.76 Å². The third-order valence-electron chi connectivity index (χ3n) is 6.48. The van der Waals surface area contributed by atoms with Gasteiger partial charge in [-0.25, -0.2) is 9.79 Å². The number of allylic oxidation sites excluding steroid dienone is 1. The molecule has 7 nitrogen and oxygen atoms in total. The molecular weight excluding hydrogens is 418 g/mol. The largest absolute Gasteiger partial charge is 0.507 e. The molecule has 0 saturated carbocycles. The summed E-state index contributed by atoms with van der Waals surface area (Å²) in [5, 5.41) is 11.2. The molecule has 0 saturated heterocycles. The highest BCUT2D eigenvalue weighted by Crippen LogP contribution is 2.43. The quantitative estimate of drug-likeness (QED) is 0.505. The Labute approximate surface area is 190 Å². The van der Waals surface area contributed by atoms with Gasteiger partial charge in [0.05, 0.1) is 18.0 Å². The zero-order valence-electron chi connectivity index (χ0n) is 18.6. The lowest BCUT2D eigenvalue weighted by atomic mass is 9.81. The van der Waals surface area contributed by atoms with Crippen molar-refractivity contribution in [2.45, 2.75) is 32.2 Å². The Hall–Kier alpha value is -3.71. The van der Waals surface area contributed by atoms with E-state index in [0.29, 0.717) is 42.1 Å². The van der Waals surface area contributed by atoms with Crippen molar-refractivity contribution in [3.05, 3.63) is 103 Å². The van der Waals surface area contributed by atoms with E-state index in [2.05, 4.69) is 16.9 Å². The Bertz CT molecular complexity index is 1410. The zero-order chi connectivity index (χ0) is 23.1. The predicted octanol–water partition coefficient (Wildman–Crippen LogP) is 1.77. The van der Waals surface area contributed by atoms with Crippen LogP contribution >= 0.6 is 0 Å². The Morgan fingerprint density at radius 3 is 2.52 bits per heavy atom. The van der Waals surface area contributed by atoms with Crippen LogP contribution in [0.5, 0.6) is 0 Å². The van der Waals surface area contributed by atoms with E-state index in [4.69, 9.17) is 4.74 Å². The first-order chi connectivity index (χ1) is 16.0. The third kappa shape index (κ3) is 3.36. The molecule has 7 heteroatoms. The first kappa shape index (κ1) is 21.2. The standard InChI is InChI=1S/C26H25N3O4/c1-3-15-9-11-16(12-10-15)19-20-22(17-7-4-5-8-18(17)23(20)30)27-24-21(19)25(31)28-26(32)29(24)13-6-14-33-2/h4-5,7-12,19,30H,3,6,13-14H2,1-2H3,(H,28,31,32)/p+1. The lowest BCUT2D eigenvalue weighted by Crippen LogP contribution is -2.72. The third-order valence-corrected chi connectivity index (χ3v) is 6.48. The summed E-state index contributed by atoms with van der Waals surface area (Å²) in [7, 11) is 1.62. The average molecular weight is 445 g/mol. The first-order valence-corrected chi connectivity index (χ1v) is 11.2. The van der Waals surface area contributed by atoms with Crippen molar-refractivity contribution in [1.29, 1.82) is 0 Å². The molecule has 0 radical (unpaired) electrons. The molecule has 2 aromatic carbocycles. The molecule has 33 heavy (non-hydrogen) atoms. The summed E-state index contributed by atoms with van der Waals surface area (Å²) in [6.45, 7) is 2.97. The molecular formula is C26H26N3O4+. The van der Waals surface area contributed by atoms with Crippen LogP contribution in [-0.2, 0) is 17.7 Å². The van der Waals surface area contributed by atoms with Crippen LogP contribution in [0.15, 0.2) is 63.7 Å². The summed E-state index contributed by atoms with van der Waals surface area (Å²) in [4.78, 5) is 31.8. The van der Waals surface area contributed by atoms with Gasteiger partial charge in [0.25, 0.3) is 11.4 Å². The Morgan fingerprint density at radius 2 is 1.82 bits per heavy atom. The molecule has 0 fully saturated rings. The number of rotatable bonds is 6. The molecule has 0 spiro atoms. The number of hydrogen-bond donors (Lipinski definition) is 3. The number of ether oxygens (including phenoxy) is 1. The van der Waals surface area contributed by atoms with Gasteiger partial charge < -0.3 is 9.84 Å². The molecule has 2 aliphatic rings. The minimum absolute atomic E-state index is 0.153. The number of aryl methyl sites for hydroxylation is 1. The molecule has 1 atom stereocenters. The maximum Gasteiger partial charge on any atom is 0.415 e. The number of H-pyrrole nitrogens is 1. The van der Waals surface area contributed by atoms with Crippen molar-refractivity contribution in [2.75, 3.05) is 13.7 Å². The van der Waals surface area contributed by atoms with Gasteiger partial charge >= 0.3 is 5.69 Å². The first-order valence-electron chi connectivity index (χ1n) is 11.2. The SMILES string of the molecule is CCc1ccc(C2C3=C(O)c4ccccc4C3=[NH+]c3c2c(=O)[nH]c(=O)n3CCCOC)cc1. The molecule has 2 heterocycles. The highest BCUT2D eigenvalue weighted by Gasteiger charge is 2.44. The lowest BCUT2D eigenvalue weighted by Gasteiger charge is -2.24. The van der Waals surface area contributed by atoms with Gasteiger partial charge in [-0.3, -0.25) is 9.78 Å². The van der Waals surface area contributed by atoms with Crippen molar-refractivity contribution >= 4 is 17.3 Å². The number of methoxy groups -OCH3 is 1. The summed E-state index contributed by atoms with van der Waals surface area (Å²) in [5.74, 6) is 0.0973. The minimum Gasteiger partial charge on any atom is -0.507 e. The maximum atomic E-state index is 13.2. The number of nitrogens with one attached hydrogen (secondary N) is 2. The predicted molar refractivity (Wildman–Crippen MR) is 126 cm³/mol. The molecule has 0 bridgehead atoms. The normalized spacial score (nSPS) is 16.3. The van der Waals surface area contributed by atoms with E-state index in [-0.39, 0.29) is 5.76 Å². The number of benzene rings is 2. The number of hydrogen-bond acceptors (Lipinski definition) is 4. The number of aliphatic hydroxyl groups is 1. The van der Waals surface area contributed by atoms with E-state index in [1.165, 1.54) is 5.56 Å². The van der Waals surface area contributed by atoms with Gasteiger partial charge in [-0.2, -0.15) is 4.57 Å². The van der Waals surface area contributed by atoms with Crippen molar-refractivity contribution in [3.63, 3.8) is 0 Å². The topological polar surface area (TPSA) is 98.3 Å². The van der Waals surface area contributed by atoms with Gasteiger partial charge in [-0.1, -0.05) is 49.4 Å². The van der Waals surface area contributed by atoms with E-state index < -0.39 is 17.2 Å². The summed E-state index contributed by atoms with van der Waals surface area (Å²) in [5.41, 5.74) is 4.51. The van der Waals surface area contributed by atoms with Gasteiger partial charge in [-0.15, -0.1) is 0 Å². The van der Waals surface area contributed by atoms with Gasteiger partial charge in [0, 0.05) is 31.3 Å². The highest BCUT2D eigenvalue weighted by molar-refractivity contribution is 6.21. The molecule has 1 aliphatic carbocycles. The van der Waals surface area contributed by atoms with E-state index in [1.807, 2.05) is 48.5 Å². The second-order valence-corrected chi connectivity index (χ2v) is 8.36. The molecule has 1 unspecified atom stereocenters. The number of aliphatic hydroxyl groups excluding tert-OH is 1. The summed E-state index contributed by atoms with van der Waals surface area (Å²) in [6, 6.07) is 15.7. The van der Waals surface area contributed by atoms with Crippen molar-refractivity contribution < 1.29 is 14.8 Å². The van der Waals surface area contributed by atoms with Gasteiger partial charge in [-0.05, 0) is 23.6 Å². The maximum absolute atomic E-state index is 13.2. The Morgan fingerprint density at radius 1 is 1.09 bits per heavy atom. The molecule has 1 aliphatic heterocycles. The fraction of sp³-hybridized carbons (Fsp3) is 0.269. The van der Waals surface area contributed by atoms with E-state index in [0.717, 1.165) is 23.3 Å². The molecule has 5 rings (SSSR count). The molecule has 3 N–H and O–H groups in total. The highest BCUT2D eigenvalue weighted by atomic mass is 16.5. The number of aromatic nitrogens is 2. The van der Waals surface area contributed by atoms with E-state index in [1.54, 1.807) is 11.7 Å². The molecule has 168 valence electrons. The second kappa shape index (κ2) is 8.33. The molecule has 1 aromatic heterocycles. The summed E-state index contributed by atoms with van der Waals surface area (Å²) >= 11 is 0. The van der Waals surface area contributed by atoms with Crippen LogP contribution < -0.4 is 16.2 Å². The van der Waals surface area contributed by atoms with Crippen LogP contribution in [0.4, 0.5) is 5.82 Å². The fourth-order valence-electron chi connectivity index (χ4n) is 4.84. The Kier molecular flexibility index (Phi) is 5.34. The van der Waals surface area contributed by atoms with E-state index in [9.17, 15) is 14.7 Å². The van der Waals surface area contributed by atoms with Gasteiger partial charge in [0.2, 0.25) is 0 Å². The van der Waals surface area contributed by atoms with Crippen LogP contribution in [0.2, 0.25) is 0 Å². The molecule has 0 amide bonds. The summed E-state index contributed by atoms with van der Waals surface area (Å²) < 4.78 is 6.72. The monoisotopic (exact) mass is 444 g/mol. The van der Waals surface area contributed by atoms with Gasteiger partial charge in [0.1, 0.15) is 17.0 Å².